The highest BCUT2D eigenvalue weighted by Gasteiger charge is 2.20. The van der Waals surface area contributed by atoms with E-state index in [4.69, 9.17) is 4.74 Å². The lowest BCUT2D eigenvalue weighted by Crippen LogP contribution is -2.48. The molecule has 1 fully saturated rings. The van der Waals surface area contributed by atoms with Gasteiger partial charge in [0.25, 0.3) is 0 Å². The van der Waals surface area contributed by atoms with Crippen LogP contribution in [0.15, 0.2) is 84.9 Å². The van der Waals surface area contributed by atoms with E-state index in [0.717, 1.165) is 43.6 Å². The van der Waals surface area contributed by atoms with Crippen LogP contribution in [0.5, 0.6) is 11.5 Å². The van der Waals surface area contributed by atoms with Gasteiger partial charge in [-0.15, -0.1) is 0 Å². The standard InChI is InChI=1S/C23H24N2O/c1-3-7-19(8-4-1)17-25(18-20-15-24-16-20)21-11-13-23(14-12-21)26-22-9-5-2-6-10-22/h1-14,20,24H,15-18H2. The summed E-state index contributed by atoms with van der Waals surface area (Å²) < 4.78 is 5.92. The fourth-order valence-corrected chi connectivity index (χ4v) is 3.20. The Kier molecular flexibility index (Phi) is 5.17. The van der Waals surface area contributed by atoms with Gasteiger partial charge in [-0.3, -0.25) is 0 Å². The third kappa shape index (κ3) is 4.24. The van der Waals surface area contributed by atoms with E-state index in [-0.39, 0.29) is 0 Å². The molecule has 0 radical (unpaired) electrons. The number of benzene rings is 3. The Morgan fingerprint density at radius 2 is 1.38 bits per heavy atom. The molecule has 3 nitrogen and oxygen atoms in total. The Labute approximate surface area is 155 Å². The molecule has 0 aliphatic carbocycles. The van der Waals surface area contributed by atoms with Gasteiger partial charge in [-0.25, -0.2) is 0 Å². The molecule has 1 heterocycles. The fourth-order valence-electron chi connectivity index (χ4n) is 3.20. The van der Waals surface area contributed by atoms with Crippen molar-refractivity contribution in [3.63, 3.8) is 0 Å². The molecule has 0 spiro atoms. The molecule has 3 heteroatoms. The van der Waals surface area contributed by atoms with Crippen molar-refractivity contribution in [2.45, 2.75) is 6.54 Å². The Bertz CT molecular complexity index is 799. The van der Waals surface area contributed by atoms with Crippen LogP contribution < -0.4 is 15.0 Å². The number of para-hydroxylation sites is 1. The highest BCUT2D eigenvalue weighted by atomic mass is 16.5. The number of hydrogen-bond acceptors (Lipinski definition) is 3. The van der Waals surface area contributed by atoms with Gasteiger partial charge in [-0.2, -0.15) is 0 Å². The van der Waals surface area contributed by atoms with E-state index in [9.17, 15) is 0 Å². The first-order valence-electron chi connectivity index (χ1n) is 9.19. The van der Waals surface area contributed by atoms with Crippen LogP contribution in [0.25, 0.3) is 0 Å². The molecule has 0 unspecified atom stereocenters. The normalized spacial score (nSPS) is 13.8. The van der Waals surface area contributed by atoms with Crippen molar-refractivity contribution in [1.29, 1.82) is 0 Å². The summed E-state index contributed by atoms with van der Waals surface area (Å²) in [6.07, 6.45) is 0. The van der Waals surface area contributed by atoms with Crippen molar-refractivity contribution in [2.24, 2.45) is 5.92 Å². The summed E-state index contributed by atoms with van der Waals surface area (Å²) in [5.74, 6) is 2.45. The first kappa shape index (κ1) is 16.7. The summed E-state index contributed by atoms with van der Waals surface area (Å²) in [5, 5.41) is 3.37. The Morgan fingerprint density at radius 1 is 0.769 bits per heavy atom. The van der Waals surface area contributed by atoms with E-state index in [1.54, 1.807) is 0 Å². The van der Waals surface area contributed by atoms with Crippen LogP contribution in [0.4, 0.5) is 5.69 Å². The van der Waals surface area contributed by atoms with E-state index in [0.29, 0.717) is 0 Å². The molecule has 1 N–H and O–H groups in total. The van der Waals surface area contributed by atoms with Crippen LogP contribution >= 0.6 is 0 Å². The highest BCUT2D eigenvalue weighted by Crippen LogP contribution is 2.26. The molecule has 0 bridgehead atoms. The lowest BCUT2D eigenvalue weighted by Gasteiger charge is -2.34. The van der Waals surface area contributed by atoms with Gasteiger partial charge in [0.2, 0.25) is 0 Å². The molecule has 1 saturated heterocycles. The summed E-state index contributed by atoms with van der Waals surface area (Å²) >= 11 is 0. The lowest BCUT2D eigenvalue weighted by molar-refractivity contribution is 0.348. The molecule has 26 heavy (non-hydrogen) atoms. The molecule has 0 aromatic heterocycles. The Morgan fingerprint density at radius 3 is 2.00 bits per heavy atom. The quantitative estimate of drug-likeness (QED) is 0.672. The smallest absolute Gasteiger partial charge is 0.127 e. The highest BCUT2D eigenvalue weighted by molar-refractivity contribution is 5.50. The molecule has 0 saturated carbocycles. The average Bonchev–Trinajstić information content (AvgIpc) is 2.66. The fraction of sp³-hybridized carbons (Fsp3) is 0.217. The summed E-state index contributed by atoms with van der Waals surface area (Å²) in [6.45, 7) is 4.22. The first-order chi connectivity index (χ1) is 12.9. The van der Waals surface area contributed by atoms with Crippen LogP contribution in [0, 0.1) is 5.92 Å². The first-order valence-corrected chi connectivity index (χ1v) is 9.19. The predicted octanol–water partition coefficient (Wildman–Crippen LogP) is 4.70. The average molecular weight is 344 g/mol. The summed E-state index contributed by atoms with van der Waals surface area (Å²) in [7, 11) is 0. The summed E-state index contributed by atoms with van der Waals surface area (Å²) in [4.78, 5) is 2.47. The second-order valence-corrected chi connectivity index (χ2v) is 6.80. The SMILES string of the molecule is c1ccc(CN(CC2CNC2)c2ccc(Oc3ccccc3)cc2)cc1. The zero-order valence-corrected chi connectivity index (χ0v) is 14.8. The molecule has 4 rings (SSSR count). The minimum atomic E-state index is 0.721. The monoisotopic (exact) mass is 344 g/mol. The van der Waals surface area contributed by atoms with Crippen molar-refractivity contribution in [1.82, 2.24) is 5.32 Å². The van der Waals surface area contributed by atoms with E-state index in [2.05, 4.69) is 64.8 Å². The van der Waals surface area contributed by atoms with Crippen molar-refractivity contribution < 1.29 is 4.74 Å². The van der Waals surface area contributed by atoms with Crippen molar-refractivity contribution in [3.05, 3.63) is 90.5 Å². The van der Waals surface area contributed by atoms with E-state index < -0.39 is 0 Å². The van der Waals surface area contributed by atoms with Gasteiger partial charge in [-0.05, 0) is 42.0 Å². The zero-order chi connectivity index (χ0) is 17.6. The Balaban J connectivity index is 1.49. The molecular weight excluding hydrogens is 320 g/mol. The third-order valence-electron chi connectivity index (χ3n) is 4.74. The van der Waals surface area contributed by atoms with Gasteiger partial charge in [0.05, 0.1) is 0 Å². The van der Waals surface area contributed by atoms with Gasteiger partial charge < -0.3 is 15.0 Å². The van der Waals surface area contributed by atoms with Crippen molar-refractivity contribution in [2.75, 3.05) is 24.5 Å². The number of nitrogens with zero attached hydrogens (tertiary/aromatic N) is 1. The van der Waals surface area contributed by atoms with Crippen molar-refractivity contribution >= 4 is 5.69 Å². The summed E-state index contributed by atoms with van der Waals surface area (Å²) in [5.41, 5.74) is 2.57. The van der Waals surface area contributed by atoms with Gasteiger partial charge in [0.1, 0.15) is 11.5 Å². The van der Waals surface area contributed by atoms with Crippen molar-refractivity contribution in [3.8, 4) is 11.5 Å². The second kappa shape index (κ2) is 8.07. The molecule has 1 aliphatic rings. The van der Waals surface area contributed by atoms with Crippen LogP contribution in [0.2, 0.25) is 0 Å². The molecule has 0 atom stereocenters. The molecule has 1 aliphatic heterocycles. The maximum atomic E-state index is 5.92. The van der Waals surface area contributed by atoms with E-state index in [1.165, 1.54) is 11.3 Å². The van der Waals surface area contributed by atoms with Crippen LogP contribution in [-0.2, 0) is 6.54 Å². The number of anilines is 1. The van der Waals surface area contributed by atoms with Crippen LogP contribution in [0.3, 0.4) is 0 Å². The Hall–Kier alpha value is -2.78. The predicted molar refractivity (Wildman–Crippen MR) is 107 cm³/mol. The van der Waals surface area contributed by atoms with Gasteiger partial charge in [-0.1, -0.05) is 48.5 Å². The molecule has 3 aromatic rings. The third-order valence-corrected chi connectivity index (χ3v) is 4.74. The van der Waals surface area contributed by atoms with E-state index in [1.807, 2.05) is 30.3 Å². The summed E-state index contributed by atoms with van der Waals surface area (Å²) in [6, 6.07) is 29.0. The van der Waals surface area contributed by atoms with Crippen LogP contribution in [-0.4, -0.2) is 19.6 Å². The molecule has 3 aromatic carbocycles. The van der Waals surface area contributed by atoms with Crippen LogP contribution in [0.1, 0.15) is 5.56 Å². The maximum absolute atomic E-state index is 5.92. The number of rotatable bonds is 7. The van der Waals surface area contributed by atoms with Gasteiger partial charge in [0.15, 0.2) is 0 Å². The largest absolute Gasteiger partial charge is 0.457 e. The molecule has 132 valence electrons. The zero-order valence-electron chi connectivity index (χ0n) is 14.8. The maximum Gasteiger partial charge on any atom is 0.127 e. The molecular formula is C23H24N2O. The number of ether oxygens (including phenoxy) is 1. The number of hydrogen-bond donors (Lipinski definition) is 1. The van der Waals surface area contributed by atoms with E-state index >= 15 is 0 Å². The number of nitrogens with one attached hydrogen (secondary N) is 1. The lowest BCUT2D eigenvalue weighted by atomic mass is 10.0. The van der Waals surface area contributed by atoms with Gasteiger partial charge in [0, 0.05) is 37.8 Å². The molecule has 0 amide bonds. The minimum absolute atomic E-state index is 0.721. The second-order valence-electron chi connectivity index (χ2n) is 6.80. The minimum Gasteiger partial charge on any atom is -0.457 e. The van der Waals surface area contributed by atoms with Gasteiger partial charge >= 0.3 is 0 Å². The topological polar surface area (TPSA) is 24.5 Å².